The summed E-state index contributed by atoms with van der Waals surface area (Å²) in [6, 6.07) is 10.9. The first-order valence-corrected chi connectivity index (χ1v) is 9.67. The number of nitrogens with one attached hydrogen (secondary N) is 1. The van der Waals surface area contributed by atoms with Crippen molar-refractivity contribution < 1.29 is 13.9 Å². The molecule has 1 N–H and O–H groups in total. The molecule has 0 unspecified atom stereocenters. The number of carbonyl (C=O) groups is 1. The van der Waals surface area contributed by atoms with Crippen molar-refractivity contribution in [2.24, 2.45) is 0 Å². The Kier molecular flexibility index (Phi) is 5.40. The Morgan fingerprint density at radius 2 is 2.03 bits per heavy atom. The van der Waals surface area contributed by atoms with Crippen LogP contribution in [0.15, 0.2) is 42.6 Å². The van der Waals surface area contributed by atoms with Crippen molar-refractivity contribution in [1.29, 1.82) is 0 Å². The maximum Gasteiger partial charge on any atom is 0.207 e. The summed E-state index contributed by atoms with van der Waals surface area (Å²) in [6.45, 7) is 5.84. The number of nitrogens with zero attached hydrogens (tertiary/aromatic N) is 3. The standard InChI is InChI=1S/C22H23FN4O2/c1-14-11-27(12-15(2)29-14)21-5-3-4-20(26-21)18-7-6-16-9-25-17(10-24-13-28)8-19(16)22(18)23/h3-9,13-15H,10-12H2,1-2H3,(H,24,28)/t14-,15+. The van der Waals surface area contributed by atoms with Crippen molar-refractivity contribution in [2.75, 3.05) is 18.0 Å². The first kappa shape index (κ1) is 19.3. The normalized spacial score (nSPS) is 19.3. The summed E-state index contributed by atoms with van der Waals surface area (Å²) >= 11 is 0. The lowest BCUT2D eigenvalue weighted by Gasteiger charge is -2.36. The van der Waals surface area contributed by atoms with Gasteiger partial charge in [-0.2, -0.15) is 0 Å². The second-order valence-corrected chi connectivity index (χ2v) is 7.37. The molecule has 150 valence electrons. The van der Waals surface area contributed by atoms with Crippen LogP contribution in [-0.2, 0) is 16.1 Å². The van der Waals surface area contributed by atoms with Gasteiger partial charge in [-0.3, -0.25) is 9.78 Å². The molecule has 1 saturated heterocycles. The molecule has 1 fully saturated rings. The number of halogens is 1. The Labute approximate surface area is 168 Å². The highest BCUT2D eigenvalue weighted by Crippen LogP contribution is 2.29. The number of amides is 1. The summed E-state index contributed by atoms with van der Waals surface area (Å²) < 4.78 is 21.2. The molecule has 2 aromatic heterocycles. The minimum Gasteiger partial charge on any atom is -0.372 e. The van der Waals surface area contributed by atoms with E-state index < -0.39 is 0 Å². The van der Waals surface area contributed by atoms with Crippen LogP contribution in [0.3, 0.4) is 0 Å². The van der Waals surface area contributed by atoms with Gasteiger partial charge in [0.25, 0.3) is 0 Å². The van der Waals surface area contributed by atoms with Crippen molar-refractivity contribution in [3.63, 3.8) is 0 Å². The van der Waals surface area contributed by atoms with E-state index in [0.29, 0.717) is 34.1 Å². The number of rotatable bonds is 5. The molecule has 1 aliphatic rings. The molecule has 0 radical (unpaired) electrons. The quantitative estimate of drug-likeness (QED) is 0.673. The molecule has 1 amide bonds. The molecule has 6 nitrogen and oxygen atoms in total. The van der Waals surface area contributed by atoms with Crippen LogP contribution in [0.4, 0.5) is 10.2 Å². The molecule has 29 heavy (non-hydrogen) atoms. The number of hydrogen-bond donors (Lipinski definition) is 1. The zero-order valence-electron chi connectivity index (χ0n) is 16.4. The van der Waals surface area contributed by atoms with Crippen molar-refractivity contribution in [1.82, 2.24) is 15.3 Å². The summed E-state index contributed by atoms with van der Waals surface area (Å²) in [7, 11) is 0. The van der Waals surface area contributed by atoms with Gasteiger partial charge in [-0.15, -0.1) is 0 Å². The maximum absolute atomic E-state index is 15.4. The van der Waals surface area contributed by atoms with E-state index in [1.54, 1.807) is 18.3 Å². The molecule has 1 aliphatic heterocycles. The monoisotopic (exact) mass is 394 g/mol. The Morgan fingerprint density at radius 1 is 1.24 bits per heavy atom. The first-order valence-electron chi connectivity index (χ1n) is 9.67. The average molecular weight is 394 g/mol. The van der Waals surface area contributed by atoms with Crippen molar-refractivity contribution in [2.45, 2.75) is 32.6 Å². The van der Waals surface area contributed by atoms with Gasteiger partial charge in [-0.25, -0.2) is 9.37 Å². The van der Waals surface area contributed by atoms with E-state index in [1.165, 1.54) is 0 Å². The zero-order chi connectivity index (χ0) is 20.4. The molecule has 4 rings (SSSR count). The van der Waals surface area contributed by atoms with E-state index in [2.05, 4.69) is 15.2 Å². The van der Waals surface area contributed by atoms with Crippen LogP contribution in [0.5, 0.6) is 0 Å². The van der Waals surface area contributed by atoms with Crippen LogP contribution in [0.1, 0.15) is 19.5 Å². The molecule has 3 aromatic rings. The molecule has 1 aromatic carbocycles. The van der Waals surface area contributed by atoms with Gasteiger partial charge in [-0.05, 0) is 38.1 Å². The van der Waals surface area contributed by atoms with Crippen molar-refractivity contribution in [3.05, 3.63) is 54.1 Å². The van der Waals surface area contributed by atoms with E-state index in [1.807, 2.05) is 38.1 Å². The predicted octanol–water partition coefficient (Wildman–Crippen LogP) is 3.30. The number of morpholine rings is 1. The fourth-order valence-electron chi connectivity index (χ4n) is 3.78. The summed E-state index contributed by atoms with van der Waals surface area (Å²) in [6.07, 6.45) is 2.45. The minimum atomic E-state index is -0.342. The molecule has 2 atom stereocenters. The Bertz CT molecular complexity index is 1030. The molecule has 0 saturated carbocycles. The number of anilines is 1. The Hall–Kier alpha value is -3.06. The first-order chi connectivity index (χ1) is 14.0. The van der Waals surface area contributed by atoms with Crippen LogP contribution in [-0.4, -0.2) is 41.7 Å². The van der Waals surface area contributed by atoms with Gasteiger partial charge in [0.2, 0.25) is 6.41 Å². The highest BCUT2D eigenvalue weighted by atomic mass is 19.1. The topological polar surface area (TPSA) is 67.4 Å². The lowest BCUT2D eigenvalue weighted by Crippen LogP contribution is -2.45. The number of ether oxygens (including phenoxy) is 1. The minimum absolute atomic E-state index is 0.118. The number of fused-ring (bicyclic) bond motifs is 1. The third-order valence-corrected chi connectivity index (χ3v) is 5.01. The smallest absolute Gasteiger partial charge is 0.207 e. The van der Waals surface area contributed by atoms with Crippen molar-refractivity contribution in [3.8, 4) is 11.3 Å². The van der Waals surface area contributed by atoms with Gasteiger partial charge < -0.3 is 15.0 Å². The zero-order valence-corrected chi connectivity index (χ0v) is 16.4. The largest absolute Gasteiger partial charge is 0.372 e. The van der Waals surface area contributed by atoms with Crippen LogP contribution in [0.2, 0.25) is 0 Å². The fourth-order valence-corrected chi connectivity index (χ4v) is 3.78. The lowest BCUT2D eigenvalue weighted by molar-refractivity contribution is -0.109. The fraction of sp³-hybridized carbons (Fsp3) is 0.318. The van der Waals surface area contributed by atoms with Gasteiger partial charge in [-0.1, -0.05) is 12.1 Å². The van der Waals surface area contributed by atoms with Gasteiger partial charge in [0.1, 0.15) is 11.6 Å². The van der Waals surface area contributed by atoms with E-state index in [-0.39, 0.29) is 24.6 Å². The molecular weight excluding hydrogens is 371 g/mol. The third kappa shape index (κ3) is 4.05. The molecule has 0 spiro atoms. The summed E-state index contributed by atoms with van der Waals surface area (Å²) in [5.74, 6) is 0.472. The van der Waals surface area contributed by atoms with Crippen LogP contribution >= 0.6 is 0 Å². The van der Waals surface area contributed by atoms with Gasteiger partial charge in [0.05, 0.1) is 30.1 Å². The van der Waals surface area contributed by atoms with Crippen LogP contribution in [0, 0.1) is 5.82 Å². The SMILES string of the molecule is C[C@@H]1CN(c2cccc(-c3ccc4cnc(CNC=O)cc4c3F)n2)C[C@H](C)O1. The Morgan fingerprint density at radius 3 is 2.79 bits per heavy atom. The molecule has 7 heteroatoms. The highest BCUT2D eigenvalue weighted by molar-refractivity contribution is 5.87. The number of carbonyl (C=O) groups excluding carboxylic acids is 1. The Balaban J connectivity index is 1.70. The second-order valence-electron chi connectivity index (χ2n) is 7.37. The summed E-state index contributed by atoms with van der Waals surface area (Å²) in [5, 5.41) is 3.71. The number of benzene rings is 1. The van der Waals surface area contributed by atoms with Gasteiger partial charge in [0, 0.05) is 35.6 Å². The highest BCUT2D eigenvalue weighted by Gasteiger charge is 2.23. The van der Waals surface area contributed by atoms with E-state index in [9.17, 15) is 4.79 Å². The lowest BCUT2D eigenvalue weighted by atomic mass is 10.0. The van der Waals surface area contributed by atoms with Gasteiger partial charge in [0.15, 0.2) is 0 Å². The number of pyridine rings is 2. The molecule has 3 heterocycles. The number of aromatic nitrogens is 2. The molecule has 0 aliphatic carbocycles. The summed E-state index contributed by atoms with van der Waals surface area (Å²) in [5.41, 5.74) is 1.62. The van der Waals surface area contributed by atoms with Crippen LogP contribution in [0.25, 0.3) is 22.0 Å². The van der Waals surface area contributed by atoms with E-state index in [0.717, 1.165) is 18.9 Å². The van der Waals surface area contributed by atoms with Crippen molar-refractivity contribution >= 4 is 23.0 Å². The number of hydrogen-bond acceptors (Lipinski definition) is 5. The average Bonchev–Trinajstić information content (AvgIpc) is 2.72. The summed E-state index contributed by atoms with van der Waals surface area (Å²) in [4.78, 5) is 21.7. The van der Waals surface area contributed by atoms with E-state index in [4.69, 9.17) is 9.72 Å². The predicted molar refractivity (Wildman–Crippen MR) is 110 cm³/mol. The molecular formula is C22H23FN4O2. The molecule has 0 bridgehead atoms. The van der Waals surface area contributed by atoms with Gasteiger partial charge >= 0.3 is 0 Å². The van der Waals surface area contributed by atoms with Crippen LogP contribution < -0.4 is 10.2 Å². The second kappa shape index (κ2) is 8.13. The maximum atomic E-state index is 15.4. The third-order valence-electron chi connectivity index (χ3n) is 5.01. The van der Waals surface area contributed by atoms with E-state index >= 15 is 4.39 Å².